The lowest BCUT2D eigenvalue weighted by Gasteiger charge is -2.25. The SMILES string of the molecule is Cc1ccc(C(N)=S)c(N2CCCC(C)(O)CC2)n1. The van der Waals surface area contributed by atoms with Gasteiger partial charge in [-0.1, -0.05) is 12.2 Å². The predicted octanol–water partition coefficient (Wildman–Crippen LogP) is 1.77. The Kier molecular flexibility index (Phi) is 4.06. The molecule has 0 aromatic carbocycles. The highest BCUT2D eigenvalue weighted by Crippen LogP contribution is 2.26. The average Bonchev–Trinajstić information content (AvgIpc) is 2.49. The first-order valence-corrected chi connectivity index (χ1v) is 7.05. The van der Waals surface area contributed by atoms with Crippen LogP contribution in [0.2, 0.25) is 0 Å². The van der Waals surface area contributed by atoms with Crippen molar-refractivity contribution in [2.75, 3.05) is 18.0 Å². The molecule has 5 heteroatoms. The average molecular weight is 279 g/mol. The summed E-state index contributed by atoms with van der Waals surface area (Å²) in [6, 6.07) is 3.86. The Bertz CT molecular complexity index is 488. The first-order valence-electron chi connectivity index (χ1n) is 6.64. The molecule has 19 heavy (non-hydrogen) atoms. The monoisotopic (exact) mass is 279 g/mol. The number of aromatic nitrogens is 1. The molecule has 0 aliphatic carbocycles. The Morgan fingerprint density at radius 3 is 2.84 bits per heavy atom. The molecule has 1 unspecified atom stereocenters. The number of nitrogens with two attached hydrogens (primary N) is 1. The molecule has 1 fully saturated rings. The van der Waals surface area contributed by atoms with Crippen LogP contribution in [0.25, 0.3) is 0 Å². The number of pyridine rings is 1. The van der Waals surface area contributed by atoms with Gasteiger partial charge in [-0.05, 0) is 45.2 Å². The fraction of sp³-hybridized carbons (Fsp3) is 0.571. The standard InChI is InChI=1S/C14H21N3OS/c1-10-4-5-11(12(15)19)13(16-10)17-8-3-6-14(2,18)7-9-17/h4-5,18H,3,6-9H2,1-2H3,(H2,15,19). The smallest absolute Gasteiger partial charge is 0.139 e. The quantitative estimate of drug-likeness (QED) is 0.808. The molecule has 1 aromatic heterocycles. The highest BCUT2D eigenvalue weighted by atomic mass is 32.1. The second-order valence-corrected chi connectivity index (χ2v) is 5.97. The third kappa shape index (κ3) is 3.42. The van der Waals surface area contributed by atoms with Crippen LogP contribution in [0, 0.1) is 6.92 Å². The molecular weight excluding hydrogens is 258 g/mol. The second kappa shape index (κ2) is 5.43. The summed E-state index contributed by atoms with van der Waals surface area (Å²) in [7, 11) is 0. The number of hydrogen-bond donors (Lipinski definition) is 2. The van der Waals surface area contributed by atoms with Crippen LogP contribution in [0.5, 0.6) is 0 Å². The van der Waals surface area contributed by atoms with Crippen LogP contribution in [0.4, 0.5) is 5.82 Å². The molecular formula is C14H21N3OS. The number of aliphatic hydroxyl groups is 1. The zero-order chi connectivity index (χ0) is 14.0. The molecule has 0 radical (unpaired) electrons. The lowest BCUT2D eigenvalue weighted by molar-refractivity contribution is 0.0481. The number of aryl methyl sites for hydroxylation is 1. The van der Waals surface area contributed by atoms with Crippen LogP contribution < -0.4 is 10.6 Å². The van der Waals surface area contributed by atoms with Crippen molar-refractivity contribution in [1.29, 1.82) is 0 Å². The summed E-state index contributed by atoms with van der Waals surface area (Å²) >= 11 is 5.10. The highest BCUT2D eigenvalue weighted by molar-refractivity contribution is 7.80. The Labute approximate surface area is 119 Å². The Morgan fingerprint density at radius 1 is 1.42 bits per heavy atom. The minimum atomic E-state index is -0.581. The molecule has 2 rings (SSSR count). The molecule has 104 valence electrons. The van der Waals surface area contributed by atoms with Crippen LogP contribution in [-0.2, 0) is 0 Å². The molecule has 0 spiro atoms. The van der Waals surface area contributed by atoms with Gasteiger partial charge in [0.15, 0.2) is 0 Å². The van der Waals surface area contributed by atoms with Gasteiger partial charge >= 0.3 is 0 Å². The summed E-state index contributed by atoms with van der Waals surface area (Å²) in [6.07, 6.45) is 2.50. The Hall–Kier alpha value is -1.20. The van der Waals surface area contributed by atoms with Gasteiger partial charge in [0.25, 0.3) is 0 Å². The number of hydrogen-bond acceptors (Lipinski definition) is 4. The molecule has 0 saturated carbocycles. The van der Waals surface area contributed by atoms with Gasteiger partial charge in [0.2, 0.25) is 0 Å². The minimum Gasteiger partial charge on any atom is -0.390 e. The van der Waals surface area contributed by atoms with Crippen LogP contribution in [0.15, 0.2) is 12.1 Å². The molecule has 1 aromatic rings. The number of thiocarbonyl (C=S) groups is 1. The van der Waals surface area contributed by atoms with Crippen molar-refractivity contribution in [1.82, 2.24) is 4.98 Å². The van der Waals surface area contributed by atoms with Crippen LogP contribution >= 0.6 is 12.2 Å². The molecule has 1 atom stereocenters. The molecule has 2 heterocycles. The van der Waals surface area contributed by atoms with Gasteiger partial charge in [-0.2, -0.15) is 0 Å². The Balaban J connectivity index is 2.30. The van der Waals surface area contributed by atoms with Crippen LogP contribution in [-0.4, -0.2) is 33.8 Å². The normalized spacial score (nSPS) is 24.1. The summed E-state index contributed by atoms with van der Waals surface area (Å²) in [5, 5.41) is 10.2. The van der Waals surface area contributed by atoms with E-state index in [0.29, 0.717) is 4.99 Å². The zero-order valence-electron chi connectivity index (χ0n) is 11.5. The second-order valence-electron chi connectivity index (χ2n) is 5.53. The molecule has 3 N–H and O–H groups in total. The Morgan fingerprint density at radius 2 is 2.16 bits per heavy atom. The minimum absolute atomic E-state index is 0.374. The lowest BCUT2D eigenvalue weighted by Crippen LogP contribution is -2.30. The maximum Gasteiger partial charge on any atom is 0.139 e. The molecule has 0 amide bonds. The lowest BCUT2D eigenvalue weighted by atomic mass is 9.98. The van der Waals surface area contributed by atoms with E-state index in [1.54, 1.807) is 0 Å². The van der Waals surface area contributed by atoms with Crippen molar-refractivity contribution in [2.45, 2.75) is 38.7 Å². The number of anilines is 1. The van der Waals surface area contributed by atoms with E-state index in [1.165, 1.54) is 0 Å². The first-order chi connectivity index (χ1) is 8.89. The van der Waals surface area contributed by atoms with Crippen molar-refractivity contribution >= 4 is 23.0 Å². The summed E-state index contributed by atoms with van der Waals surface area (Å²) in [6.45, 7) is 5.51. The van der Waals surface area contributed by atoms with Gasteiger partial charge in [0.1, 0.15) is 10.8 Å². The van der Waals surface area contributed by atoms with Gasteiger partial charge in [0.05, 0.1) is 11.2 Å². The van der Waals surface area contributed by atoms with Crippen molar-refractivity contribution in [2.24, 2.45) is 5.73 Å². The van der Waals surface area contributed by atoms with Gasteiger partial charge in [-0.25, -0.2) is 4.98 Å². The summed E-state index contributed by atoms with van der Waals surface area (Å²) < 4.78 is 0. The van der Waals surface area contributed by atoms with Crippen molar-refractivity contribution in [3.8, 4) is 0 Å². The van der Waals surface area contributed by atoms with Gasteiger partial charge < -0.3 is 15.7 Å². The molecule has 4 nitrogen and oxygen atoms in total. The van der Waals surface area contributed by atoms with Crippen molar-refractivity contribution in [3.05, 3.63) is 23.4 Å². The largest absolute Gasteiger partial charge is 0.390 e. The van der Waals surface area contributed by atoms with Gasteiger partial charge in [-0.3, -0.25) is 0 Å². The summed E-state index contributed by atoms with van der Waals surface area (Å²) in [5.74, 6) is 0.852. The molecule has 1 aliphatic heterocycles. The summed E-state index contributed by atoms with van der Waals surface area (Å²) in [5.41, 5.74) is 6.97. The van der Waals surface area contributed by atoms with Gasteiger partial charge in [0, 0.05) is 18.8 Å². The van der Waals surface area contributed by atoms with Crippen molar-refractivity contribution in [3.63, 3.8) is 0 Å². The first kappa shape index (κ1) is 14.2. The van der Waals surface area contributed by atoms with Gasteiger partial charge in [-0.15, -0.1) is 0 Å². The van der Waals surface area contributed by atoms with E-state index in [9.17, 15) is 5.11 Å². The third-order valence-corrected chi connectivity index (χ3v) is 3.86. The maximum atomic E-state index is 10.2. The van der Waals surface area contributed by atoms with E-state index >= 15 is 0 Å². The highest BCUT2D eigenvalue weighted by Gasteiger charge is 2.26. The van der Waals surface area contributed by atoms with Crippen LogP contribution in [0.3, 0.4) is 0 Å². The third-order valence-electron chi connectivity index (χ3n) is 3.64. The van der Waals surface area contributed by atoms with Crippen molar-refractivity contribution < 1.29 is 5.11 Å². The van der Waals surface area contributed by atoms with E-state index in [0.717, 1.165) is 49.4 Å². The van der Waals surface area contributed by atoms with E-state index < -0.39 is 5.60 Å². The van der Waals surface area contributed by atoms with E-state index in [4.69, 9.17) is 18.0 Å². The fourth-order valence-corrected chi connectivity index (χ4v) is 2.61. The number of rotatable bonds is 2. The van der Waals surface area contributed by atoms with E-state index in [2.05, 4.69) is 9.88 Å². The van der Waals surface area contributed by atoms with Crippen LogP contribution in [0.1, 0.15) is 37.4 Å². The molecule has 1 saturated heterocycles. The zero-order valence-corrected chi connectivity index (χ0v) is 12.3. The predicted molar refractivity (Wildman–Crippen MR) is 81.5 cm³/mol. The van der Waals surface area contributed by atoms with E-state index in [1.807, 2.05) is 26.0 Å². The maximum absolute atomic E-state index is 10.2. The van der Waals surface area contributed by atoms with E-state index in [-0.39, 0.29) is 0 Å². The summed E-state index contributed by atoms with van der Waals surface area (Å²) in [4.78, 5) is 7.14. The fourth-order valence-electron chi connectivity index (χ4n) is 2.45. The molecule has 0 bridgehead atoms. The topological polar surface area (TPSA) is 62.4 Å². The number of nitrogens with zero attached hydrogens (tertiary/aromatic N) is 2. The molecule has 1 aliphatic rings.